The predicted octanol–water partition coefficient (Wildman–Crippen LogP) is 2.60. The van der Waals surface area contributed by atoms with Gasteiger partial charge < -0.3 is 10.1 Å². The van der Waals surface area contributed by atoms with Crippen molar-refractivity contribution in [2.24, 2.45) is 5.92 Å². The molecule has 1 saturated heterocycles. The number of carbonyl (C=O) groups is 4. The Morgan fingerprint density at radius 1 is 1.17 bits per heavy atom. The summed E-state index contributed by atoms with van der Waals surface area (Å²) in [5, 5.41) is 2.33. The van der Waals surface area contributed by atoms with E-state index in [4.69, 9.17) is 0 Å². The molecule has 2 aliphatic rings. The Bertz CT molecular complexity index is 832. The Morgan fingerprint density at radius 2 is 1.86 bits per heavy atom. The van der Waals surface area contributed by atoms with Crippen LogP contribution in [0.1, 0.15) is 32.6 Å². The summed E-state index contributed by atoms with van der Waals surface area (Å²) in [6, 6.07) is 4.32. The van der Waals surface area contributed by atoms with Crippen molar-refractivity contribution >= 4 is 29.4 Å². The van der Waals surface area contributed by atoms with Crippen molar-refractivity contribution in [2.45, 2.75) is 45.3 Å². The van der Waals surface area contributed by atoms with Crippen LogP contribution in [0, 0.1) is 5.92 Å². The van der Waals surface area contributed by atoms with E-state index in [-0.39, 0.29) is 23.4 Å². The fraction of sp³-hybridized carbons (Fsp3) is 0.474. The van der Waals surface area contributed by atoms with Gasteiger partial charge in [-0.1, -0.05) is 31.9 Å². The second-order valence-corrected chi connectivity index (χ2v) is 7.10. The van der Waals surface area contributed by atoms with Crippen molar-refractivity contribution in [1.29, 1.82) is 0 Å². The Balaban J connectivity index is 1.70. The molecular formula is C19H21F2N3O5. The Morgan fingerprint density at radius 3 is 2.55 bits per heavy atom. The lowest BCUT2D eigenvalue weighted by molar-refractivity contribution is -0.145. The molecule has 0 aromatic heterocycles. The molecule has 2 fully saturated rings. The normalized spacial score (nSPS) is 22.4. The molecule has 2 atom stereocenters. The summed E-state index contributed by atoms with van der Waals surface area (Å²) in [6.07, 6.45) is 3.30. The lowest BCUT2D eigenvalue weighted by Gasteiger charge is -2.34. The predicted molar refractivity (Wildman–Crippen MR) is 97.1 cm³/mol. The molecule has 1 aromatic carbocycles. The maximum Gasteiger partial charge on any atom is 0.387 e. The zero-order chi connectivity index (χ0) is 21.1. The first-order valence-electron chi connectivity index (χ1n) is 9.32. The number of alkyl halides is 2. The van der Waals surface area contributed by atoms with Crippen molar-refractivity contribution in [3.8, 4) is 5.75 Å². The molecule has 1 N–H and O–H groups in total. The van der Waals surface area contributed by atoms with E-state index in [2.05, 4.69) is 10.1 Å². The summed E-state index contributed by atoms with van der Waals surface area (Å²) in [5.41, 5.74) is -0.0408. The molecule has 0 bridgehead atoms. The third-order valence-corrected chi connectivity index (χ3v) is 5.16. The number of anilines is 1. The minimum absolute atomic E-state index is 0.0408. The van der Waals surface area contributed by atoms with Gasteiger partial charge in [-0.3, -0.25) is 19.3 Å². The molecule has 29 heavy (non-hydrogen) atoms. The summed E-state index contributed by atoms with van der Waals surface area (Å²) in [4.78, 5) is 51.2. The minimum Gasteiger partial charge on any atom is -0.433 e. The number of benzene rings is 1. The average molecular weight is 409 g/mol. The fourth-order valence-electron chi connectivity index (χ4n) is 3.74. The number of urea groups is 1. The third kappa shape index (κ3) is 4.36. The van der Waals surface area contributed by atoms with Gasteiger partial charge in [-0.05, 0) is 30.9 Å². The SMILES string of the molecule is C[C@H]1CCCC[C@H]1N1C(=O)C(=O)N(CC(=O)Nc2ccccc2OC(F)F)C1=O. The minimum atomic E-state index is -3.08. The molecule has 8 nitrogen and oxygen atoms in total. The summed E-state index contributed by atoms with van der Waals surface area (Å²) >= 11 is 0. The molecule has 0 spiro atoms. The number of hydrogen-bond donors (Lipinski definition) is 1. The summed E-state index contributed by atoms with van der Waals surface area (Å²) in [5.74, 6) is -3.02. The van der Waals surface area contributed by atoms with E-state index in [0.717, 1.165) is 24.2 Å². The van der Waals surface area contributed by atoms with E-state index < -0.39 is 36.9 Å². The van der Waals surface area contributed by atoms with Crippen LogP contribution in [0.5, 0.6) is 5.75 Å². The highest BCUT2D eigenvalue weighted by molar-refractivity contribution is 6.45. The highest BCUT2D eigenvalue weighted by atomic mass is 19.3. The molecule has 156 valence electrons. The van der Waals surface area contributed by atoms with E-state index in [1.807, 2.05) is 6.92 Å². The number of carbonyl (C=O) groups excluding carboxylic acids is 4. The number of amides is 5. The summed E-state index contributed by atoms with van der Waals surface area (Å²) in [6.45, 7) is -1.87. The Hall–Kier alpha value is -3.04. The van der Waals surface area contributed by atoms with Gasteiger partial charge in [0.15, 0.2) is 0 Å². The van der Waals surface area contributed by atoms with Gasteiger partial charge in [0.1, 0.15) is 12.3 Å². The molecule has 1 aliphatic carbocycles. The van der Waals surface area contributed by atoms with Crippen LogP contribution in [0.4, 0.5) is 19.3 Å². The van der Waals surface area contributed by atoms with E-state index in [0.29, 0.717) is 11.3 Å². The van der Waals surface area contributed by atoms with Crippen LogP contribution in [0.15, 0.2) is 24.3 Å². The quantitative estimate of drug-likeness (QED) is 0.576. The van der Waals surface area contributed by atoms with Crippen LogP contribution in [-0.4, -0.2) is 52.8 Å². The lowest BCUT2D eigenvalue weighted by atomic mass is 9.85. The van der Waals surface area contributed by atoms with Crippen molar-refractivity contribution in [1.82, 2.24) is 9.80 Å². The van der Waals surface area contributed by atoms with Crippen molar-refractivity contribution in [2.75, 3.05) is 11.9 Å². The Kier molecular flexibility index (Phi) is 6.09. The summed E-state index contributed by atoms with van der Waals surface area (Å²) in [7, 11) is 0. The third-order valence-electron chi connectivity index (χ3n) is 5.16. The zero-order valence-electron chi connectivity index (χ0n) is 15.8. The topological polar surface area (TPSA) is 96.0 Å². The monoisotopic (exact) mass is 409 g/mol. The van der Waals surface area contributed by atoms with E-state index in [9.17, 15) is 28.0 Å². The van der Waals surface area contributed by atoms with Crippen LogP contribution in [-0.2, 0) is 14.4 Å². The van der Waals surface area contributed by atoms with Gasteiger partial charge in [-0.15, -0.1) is 0 Å². The fourth-order valence-corrected chi connectivity index (χ4v) is 3.74. The van der Waals surface area contributed by atoms with Gasteiger partial charge in [0.25, 0.3) is 0 Å². The molecule has 0 unspecified atom stereocenters. The molecule has 0 radical (unpaired) electrons. The van der Waals surface area contributed by atoms with Gasteiger partial charge >= 0.3 is 24.5 Å². The first kappa shape index (κ1) is 20.7. The summed E-state index contributed by atoms with van der Waals surface area (Å²) < 4.78 is 29.3. The second kappa shape index (κ2) is 8.54. The second-order valence-electron chi connectivity index (χ2n) is 7.10. The number of ether oxygens (including phenoxy) is 1. The molecule has 1 aromatic rings. The number of nitrogens with zero attached hydrogens (tertiary/aromatic N) is 2. The molecule has 10 heteroatoms. The van der Waals surface area contributed by atoms with Crippen LogP contribution >= 0.6 is 0 Å². The molecule has 1 aliphatic heterocycles. The lowest BCUT2D eigenvalue weighted by Crippen LogP contribution is -2.46. The molecule has 1 saturated carbocycles. The van der Waals surface area contributed by atoms with Gasteiger partial charge in [0, 0.05) is 6.04 Å². The number of nitrogens with one attached hydrogen (secondary N) is 1. The highest BCUT2D eigenvalue weighted by Gasteiger charge is 2.49. The van der Waals surface area contributed by atoms with Crippen LogP contribution in [0.2, 0.25) is 0 Å². The van der Waals surface area contributed by atoms with Crippen molar-refractivity contribution < 1.29 is 32.7 Å². The number of rotatable bonds is 6. The van der Waals surface area contributed by atoms with Crippen molar-refractivity contribution in [3.63, 3.8) is 0 Å². The average Bonchev–Trinajstić information content (AvgIpc) is 2.87. The molecular weight excluding hydrogens is 388 g/mol. The number of hydrogen-bond acceptors (Lipinski definition) is 5. The standard InChI is InChI=1S/C19H21F2N3O5/c1-11-6-2-4-8-13(11)24-17(27)16(26)23(19(24)28)10-15(25)22-12-7-3-5-9-14(12)29-18(20)21/h3,5,7,9,11,13,18H,2,4,6,8,10H2,1H3,(H,22,25)/t11-,13+/m0/s1. The highest BCUT2D eigenvalue weighted by Crippen LogP contribution is 2.31. The molecule has 5 amide bonds. The first-order chi connectivity index (χ1) is 13.8. The van der Waals surface area contributed by atoms with Gasteiger partial charge in [-0.2, -0.15) is 8.78 Å². The first-order valence-corrected chi connectivity index (χ1v) is 9.32. The smallest absolute Gasteiger partial charge is 0.387 e. The number of halogens is 2. The number of para-hydroxylation sites is 2. The van der Waals surface area contributed by atoms with Gasteiger partial charge in [0.2, 0.25) is 5.91 Å². The van der Waals surface area contributed by atoms with Gasteiger partial charge in [0.05, 0.1) is 5.69 Å². The zero-order valence-corrected chi connectivity index (χ0v) is 15.8. The Labute approximate surface area is 165 Å². The van der Waals surface area contributed by atoms with Crippen molar-refractivity contribution in [3.05, 3.63) is 24.3 Å². The molecule has 1 heterocycles. The largest absolute Gasteiger partial charge is 0.433 e. The maximum atomic E-state index is 12.7. The van der Waals surface area contributed by atoms with E-state index in [1.54, 1.807) is 0 Å². The van der Waals surface area contributed by atoms with E-state index in [1.165, 1.54) is 24.3 Å². The number of imide groups is 2. The van der Waals surface area contributed by atoms with Crippen LogP contribution in [0.3, 0.4) is 0 Å². The molecule has 3 rings (SSSR count). The van der Waals surface area contributed by atoms with Crippen LogP contribution in [0.25, 0.3) is 0 Å². The van der Waals surface area contributed by atoms with Gasteiger partial charge in [-0.25, -0.2) is 9.69 Å². The van der Waals surface area contributed by atoms with Crippen LogP contribution < -0.4 is 10.1 Å². The van der Waals surface area contributed by atoms with E-state index >= 15 is 0 Å². The maximum absolute atomic E-state index is 12.7.